The van der Waals surface area contributed by atoms with E-state index in [1.807, 2.05) is 0 Å². The lowest BCUT2D eigenvalue weighted by atomic mass is 10.1. The van der Waals surface area contributed by atoms with Crippen LogP contribution in [-0.2, 0) is 6.54 Å². The maximum absolute atomic E-state index is 10.8. The molecule has 0 saturated carbocycles. The first-order valence-corrected chi connectivity index (χ1v) is 6.82. The average molecular weight is 279 g/mol. The van der Waals surface area contributed by atoms with Crippen LogP contribution in [0.5, 0.6) is 0 Å². The fourth-order valence-corrected chi connectivity index (χ4v) is 2.48. The van der Waals surface area contributed by atoms with Crippen LogP contribution in [0.4, 0.5) is 11.4 Å². The largest absolute Gasteiger partial charge is 0.318 e. The van der Waals surface area contributed by atoms with Gasteiger partial charge in [0.05, 0.1) is 4.92 Å². The highest BCUT2D eigenvalue weighted by atomic mass is 16.6. The second-order valence-electron chi connectivity index (χ2n) is 4.96. The van der Waals surface area contributed by atoms with E-state index >= 15 is 0 Å². The van der Waals surface area contributed by atoms with Crippen molar-refractivity contribution < 1.29 is 4.92 Å². The Balaban J connectivity index is 2.01. The fraction of sp³-hybridized carbons (Fsp3) is 0.538. The minimum absolute atomic E-state index is 0.00653. The monoisotopic (exact) mass is 279 g/mol. The predicted octanol–water partition coefficient (Wildman–Crippen LogP) is 1.02. The number of hydrazine groups is 1. The number of nitro groups is 1. The van der Waals surface area contributed by atoms with Crippen molar-refractivity contribution in [1.82, 2.24) is 9.80 Å². The molecule has 0 atom stereocenters. The third-order valence-corrected chi connectivity index (χ3v) is 3.73. The summed E-state index contributed by atoms with van der Waals surface area (Å²) >= 11 is 0. The average Bonchev–Trinajstić information content (AvgIpc) is 2.47. The number of nitrogens with one attached hydrogen (secondary N) is 1. The molecular weight excluding hydrogens is 258 g/mol. The standard InChI is InChI=1S/C13H21N5O2/c1-2-16-5-7-17(8-6-16)10-11-3-4-13(18(19)20)12(9-11)15-14/h3-4,9,15H,2,5-8,10,14H2,1H3. The number of hydrogen-bond donors (Lipinski definition) is 2. The summed E-state index contributed by atoms with van der Waals surface area (Å²) in [5.74, 6) is 5.35. The Labute approximate surface area is 118 Å². The van der Waals surface area contributed by atoms with Gasteiger partial charge in [0.1, 0.15) is 5.69 Å². The van der Waals surface area contributed by atoms with Crippen molar-refractivity contribution >= 4 is 11.4 Å². The molecule has 7 nitrogen and oxygen atoms in total. The zero-order chi connectivity index (χ0) is 14.5. The molecule has 1 saturated heterocycles. The zero-order valence-corrected chi connectivity index (χ0v) is 11.7. The number of likely N-dealkylation sites (N-methyl/N-ethyl adjacent to an activating group) is 1. The molecule has 7 heteroatoms. The number of hydrogen-bond acceptors (Lipinski definition) is 6. The number of nitrogens with zero attached hydrogens (tertiary/aromatic N) is 3. The van der Waals surface area contributed by atoms with Crippen LogP contribution >= 0.6 is 0 Å². The maximum Gasteiger partial charge on any atom is 0.293 e. The van der Waals surface area contributed by atoms with Gasteiger partial charge in [-0.25, -0.2) is 0 Å². The van der Waals surface area contributed by atoms with Gasteiger partial charge in [-0.15, -0.1) is 0 Å². The van der Waals surface area contributed by atoms with Crippen molar-refractivity contribution in [2.45, 2.75) is 13.5 Å². The summed E-state index contributed by atoms with van der Waals surface area (Å²) in [7, 11) is 0. The van der Waals surface area contributed by atoms with Crippen molar-refractivity contribution in [1.29, 1.82) is 0 Å². The lowest BCUT2D eigenvalue weighted by molar-refractivity contribution is -0.384. The summed E-state index contributed by atoms with van der Waals surface area (Å²) < 4.78 is 0. The zero-order valence-electron chi connectivity index (χ0n) is 11.7. The Bertz CT molecular complexity index is 472. The molecule has 0 amide bonds. The number of piperazine rings is 1. The van der Waals surface area contributed by atoms with Gasteiger partial charge in [-0.3, -0.25) is 20.9 Å². The van der Waals surface area contributed by atoms with Crippen LogP contribution in [-0.4, -0.2) is 47.4 Å². The third kappa shape index (κ3) is 3.44. The minimum Gasteiger partial charge on any atom is -0.318 e. The molecule has 110 valence electrons. The smallest absolute Gasteiger partial charge is 0.293 e. The molecule has 1 aliphatic heterocycles. The van der Waals surface area contributed by atoms with Crippen LogP contribution in [0.2, 0.25) is 0 Å². The van der Waals surface area contributed by atoms with E-state index in [4.69, 9.17) is 5.84 Å². The molecular formula is C13H21N5O2. The Morgan fingerprint density at radius 1 is 1.30 bits per heavy atom. The quantitative estimate of drug-likeness (QED) is 0.475. The first-order chi connectivity index (χ1) is 9.63. The van der Waals surface area contributed by atoms with E-state index in [9.17, 15) is 10.1 Å². The Kier molecular flexibility index (Phi) is 4.89. The summed E-state index contributed by atoms with van der Waals surface area (Å²) in [6.07, 6.45) is 0. The predicted molar refractivity (Wildman–Crippen MR) is 78.3 cm³/mol. The first-order valence-electron chi connectivity index (χ1n) is 6.82. The molecule has 1 aromatic carbocycles. The third-order valence-electron chi connectivity index (χ3n) is 3.73. The highest BCUT2D eigenvalue weighted by Crippen LogP contribution is 2.25. The van der Waals surface area contributed by atoms with Crippen LogP contribution in [0.25, 0.3) is 0 Å². The Morgan fingerprint density at radius 3 is 2.50 bits per heavy atom. The molecule has 0 spiro atoms. The molecule has 0 radical (unpaired) electrons. The summed E-state index contributed by atoms with van der Waals surface area (Å²) in [6, 6.07) is 5.06. The molecule has 1 fully saturated rings. The molecule has 3 N–H and O–H groups in total. The van der Waals surface area contributed by atoms with Gasteiger partial charge in [-0.1, -0.05) is 13.0 Å². The highest BCUT2D eigenvalue weighted by Gasteiger charge is 2.17. The second kappa shape index (κ2) is 6.65. The minimum atomic E-state index is -0.432. The number of nitro benzene ring substituents is 1. The van der Waals surface area contributed by atoms with Gasteiger partial charge in [0.15, 0.2) is 0 Å². The molecule has 0 bridgehead atoms. The van der Waals surface area contributed by atoms with Crippen LogP contribution < -0.4 is 11.3 Å². The van der Waals surface area contributed by atoms with E-state index in [0.717, 1.165) is 44.8 Å². The molecule has 0 aliphatic carbocycles. The van der Waals surface area contributed by atoms with Crippen LogP contribution in [0.15, 0.2) is 18.2 Å². The SMILES string of the molecule is CCN1CCN(Cc2ccc([N+](=O)[O-])c(NN)c2)CC1. The number of rotatable bonds is 5. The highest BCUT2D eigenvalue weighted by molar-refractivity contribution is 5.62. The summed E-state index contributed by atoms with van der Waals surface area (Å²) in [6.45, 7) is 8.26. The fourth-order valence-electron chi connectivity index (χ4n) is 2.48. The van der Waals surface area contributed by atoms with Crippen LogP contribution in [0, 0.1) is 10.1 Å². The Hall–Kier alpha value is -1.70. The molecule has 0 unspecified atom stereocenters. The molecule has 1 aromatic rings. The summed E-state index contributed by atoms with van der Waals surface area (Å²) in [4.78, 5) is 15.2. The van der Waals surface area contributed by atoms with E-state index in [1.54, 1.807) is 12.1 Å². The first kappa shape index (κ1) is 14.7. The van der Waals surface area contributed by atoms with E-state index in [2.05, 4.69) is 22.1 Å². The van der Waals surface area contributed by atoms with Gasteiger partial charge in [-0.05, 0) is 18.2 Å². The van der Waals surface area contributed by atoms with Crippen molar-refractivity contribution in [3.63, 3.8) is 0 Å². The van der Waals surface area contributed by atoms with Gasteiger partial charge in [0.2, 0.25) is 0 Å². The van der Waals surface area contributed by atoms with E-state index in [-0.39, 0.29) is 5.69 Å². The number of anilines is 1. The molecule has 1 aliphatic rings. The van der Waals surface area contributed by atoms with Crippen LogP contribution in [0.1, 0.15) is 12.5 Å². The van der Waals surface area contributed by atoms with Gasteiger partial charge in [-0.2, -0.15) is 0 Å². The molecule has 20 heavy (non-hydrogen) atoms. The van der Waals surface area contributed by atoms with E-state index < -0.39 is 4.92 Å². The van der Waals surface area contributed by atoms with Crippen molar-refractivity contribution in [3.8, 4) is 0 Å². The number of benzene rings is 1. The second-order valence-corrected chi connectivity index (χ2v) is 4.96. The number of nitrogens with two attached hydrogens (primary N) is 1. The topological polar surface area (TPSA) is 87.7 Å². The van der Waals surface area contributed by atoms with E-state index in [0.29, 0.717) is 5.69 Å². The van der Waals surface area contributed by atoms with Gasteiger partial charge < -0.3 is 10.3 Å². The normalized spacial score (nSPS) is 17.1. The van der Waals surface area contributed by atoms with Crippen molar-refractivity contribution in [2.24, 2.45) is 5.84 Å². The van der Waals surface area contributed by atoms with Crippen LogP contribution in [0.3, 0.4) is 0 Å². The lowest BCUT2D eigenvalue weighted by Gasteiger charge is -2.34. The summed E-state index contributed by atoms with van der Waals surface area (Å²) in [5.41, 5.74) is 3.81. The van der Waals surface area contributed by atoms with Gasteiger partial charge in [0, 0.05) is 38.8 Å². The van der Waals surface area contributed by atoms with Crippen molar-refractivity contribution in [2.75, 3.05) is 38.1 Å². The molecule has 0 aromatic heterocycles. The Morgan fingerprint density at radius 2 is 1.95 bits per heavy atom. The lowest BCUT2D eigenvalue weighted by Crippen LogP contribution is -2.45. The summed E-state index contributed by atoms with van der Waals surface area (Å²) in [5, 5.41) is 10.8. The van der Waals surface area contributed by atoms with Gasteiger partial charge in [0.25, 0.3) is 5.69 Å². The maximum atomic E-state index is 10.8. The molecule has 1 heterocycles. The molecule has 2 rings (SSSR count). The van der Waals surface area contributed by atoms with E-state index in [1.165, 1.54) is 6.07 Å². The van der Waals surface area contributed by atoms with Gasteiger partial charge >= 0.3 is 0 Å². The number of nitrogen functional groups attached to an aromatic ring is 1. The van der Waals surface area contributed by atoms with Crippen molar-refractivity contribution in [3.05, 3.63) is 33.9 Å².